The Morgan fingerprint density at radius 1 is 1.18 bits per heavy atom. The number of carbonyl (C=O) groups excluding carboxylic acids is 1. The molecule has 0 aliphatic rings. The zero-order valence-electron chi connectivity index (χ0n) is 15.9. The molecule has 0 aliphatic heterocycles. The lowest BCUT2D eigenvalue weighted by Crippen LogP contribution is -2.16. The minimum Gasteiger partial charge on any atom is -0.494 e. The molecule has 28 heavy (non-hydrogen) atoms. The van der Waals surface area contributed by atoms with Gasteiger partial charge in [-0.3, -0.25) is 4.79 Å². The minimum atomic E-state index is -0.128. The van der Waals surface area contributed by atoms with E-state index in [-0.39, 0.29) is 11.7 Å². The van der Waals surface area contributed by atoms with Crippen LogP contribution in [0.25, 0.3) is 11.4 Å². The molecule has 8 heteroatoms. The van der Waals surface area contributed by atoms with E-state index in [1.165, 1.54) is 22.0 Å². The van der Waals surface area contributed by atoms with E-state index >= 15 is 0 Å². The molecule has 0 aliphatic carbocycles. The van der Waals surface area contributed by atoms with Crippen molar-refractivity contribution in [3.8, 4) is 17.1 Å². The Hall–Kier alpha value is -3.00. The number of nitrogens with zero attached hydrogens (tertiary/aromatic N) is 3. The first kappa shape index (κ1) is 19.8. The highest BCUT2D eigenvalue weighted by atomic mass is 32.2. The van der Waals surface area contributed by atoms with Gasteiger partial charge in [-0.15, -0.1) is 10.2 Å². The Morgan fingerprint density at radius 2 is 1.96 bits per heavy atom. The molecule has 1 heterocycles. The normalized spacial score (nSPS) is 10.6. The van der Waals surface area contributed by atoms with Crippen molar-refractivity contribution in [1.29, 1.82) is 0 Å². The van der Waals surface area contributed by atoms with Crippen molar-refractivity contribution in [3.63, 3.8) is 0 Å². The van der Waals surface area contributed by atoms with Gasteiger partial charge in [0.1, 0.15) is 5.75 Å². The van der Waals surface area contributed by atoms with Crippen LogP contribution < -0.4 is 15.9 Å². The molecule has 3 aromatic rings. The van der Waals surface area contributed by atoms with E-state index in [9.17, 15) is 4.79 Å². The van der Waals surface area contributed by atoms with Gasteiger partial charge in [-0.1, -0.05) is 43.0 Å². The molecular weight excluding hydrogens is 374 g/mol. The fourth-order valence-electron chi connectivity index (χ4n) is 2.61. The number of amides is 1. The number of anilines is 1. The lowest BCUT2D eigenvalue weighted by Gasteiger charge is -2.07. The predicted molar refractivity (Wildman–Crippen MR) is 112 cm³/mol. The number of aromatic nitrogens is 3. The molecule has 0 atom stereocenters. The summed E-state index contributed by atoms with van der Waals surface area (Å²) >= 11 is 1.23. The molecule has 0 saturated carbocycles. The first-order valence-electron chi connectivity index (χ1n) is 9.06. The summed E-state index contributed by atoms with van der Waals surface area (Å²) in [5, 5.41) is 11.6. The van der Waals surface area contributed by atoms with Crippen LogP contribution in [0, 0.1) is 0 Å². The summed E-state index contributed by atoms with van der Waals surface area (Å²) in [5.74, 6) is 7.44. The van der Waals surface area contributed by atoms with Crippen LogP contribution in [-0.2, 0) is 11.2 Å². The number of rotatable bonds is 8. The molecule has 3 N–H and O–H groups in total. The molecule has 0 fully saturated rings. The average molecular weight is 398 g/mol. The van der Waals surface area contributed by atoms with Gasteiger partial charge in [0.15, 0.2) is 5.82 Å². The topological polar surface area (TPSA) is 95.1 Å². The van der Waals surface area contributed by atoms with Crippen molar-refractivity contribution in [3.05, 3.63) is 54.1 Å². The molecule has 0 saturated heterocycles. The van der Waals surface area contributed by atoms with Gasteiger partial charge in [-0.25, -0.2) is 4.68 Å². The molecule has 0 radical (unpaired) electrons. The number of nitrogen functional groups attached to an aromatic ring is 1. The third-order valence-corrected chi connectivity index (χ3v) is 4.99. The molecule has 0 bridgehead atoms. The molecule has 1 amide bonds. The molecule has 146 valence electrons. The number of hydrogen-bond acceptors (Lipinski definition) is 6. The molecule has 3 rings (SSSR count). The van der Waals surface area contributed by atoms with E-state index in [1.807, 2.05) is 55.5 Å². The van der Waals surface area contributed by atoms with Gasteiger partial charge < -0.3 is 15.9 Å². The summed E-state index contributed by atoms with van der Waals surface area (Å²) in [4.78, 5) is 12.2. The largest absolute Gasteiger partial charge is 0.494 e. The Bertz CT molecular complexity index is 940. The van der Waals surface area contributed by atoms with E-state index in [0.29, 0.717) is 17.6 Å². The van der Waals surface area contributed by atoms with Crippen molar-refractivity contribution in [2.75, 3.05) is 23.5 Å². The van der Waals surface area contributed by atoms with Crippen molar-refractivity contribution < 1.29 is 9.53 Å². The van der Waals surface area contributed by atoms with E-state index in [1.54, 1.807) is 0 Å². The Labute approximate surface area is 168 Å². The summed E-state index contributed by atoms with van der Waals surface area (Å²) in [5.41, 5.74) is 2.79. The van der Waals surface area contributed by atoms with E-state index in [4.69, 9.17) is 10.6 Å². The maximum absolute atomic E-state index is 12.2. The Kier molecular flexibility index (Phi) is 6.54. The zero-order chi connectivity index (χ0) is 19.9. The minimum absolute atomic E-state index is 0.128. The van der Waals surface area contributed by atoms with Crippen LogP contribution in [-0.4, -0.2) is 33.1 Å². The monoisotopic (exact) mass is 397 g/mol. The molecule has 0 unspecified atom stereocenters. The number of benzene rings is 2. The van der Waals surface area contributed by atoms with E-state index < -0.39 is 0 Å². The van der Waals surface area contributed by atoms with Gasteiger partial charge in [0.05, 0.1) is 12.4 Å². The number of nitrogens with two attached hydrogens (primary N) is 1. The second-order valence-corrected chi connectivity index (χ2v) is 6.97. The van der Waals surface area contributed by atoms with Gasteiger partial charge in [-0.05, 0) is 43.2 Å². The third kappa shape index (κ3) is 4.83. The zero-order valence-corrected chi connectivity index (χ0v) is 16.7. The first-order valence-corrected chi connectivity index (χ1v) is 10.0. The first-order chi connectivity index (χ1) is 13.6. The van der Waals surface area contributed by atoms with Gasteiger partial charge in [0.25, 0.3) is 0 Å². The fraction of sp³-hybridized carbons (Fsp3) is 0.250. The van der Waals surface area contributed by atoms with E-state index in [0.717, 1.165) is 23.4 Å². The van der Waals surface area contributed by atoms with Crippen LogP contribution in [0.3, 0.4) is 0 Å². The maximum atomic E-state index is 12.2. The van der Waals surface area contributed by atoms with Crippen LogP contribution in [0.5, 0.6) is 5.75 Å². The second kappa shape index (κ2) is 9.27. The third-order valence-electron chi connectivity index (χ3n) is 4.05. The lowest BCUT2D eigenvalue weighted by molar-refractivity contribution is -0.113. The van der Waals surface area contributed by atoms with Crippen molar-refractivity contribution in [1.82, 2.24) is 14.9 Å². The van der Waals surface area contributed by atoms with Crippen LogP contribution in [0.2, 0.25) is 0 Å². The second-order valence-electron chi connectivity index (χ2n) is 6.02. The predicted octanol–water partition coefficient (Wildman–Crippen LogP) is 3.35. The van der Waals surface area contributed by atoms with Gasteiger partial charge in [0, 0.05) is 11.3 Å². The Balaban J connectivity index is 1.62. The number of carbonyl (C=O) groups is 1. The SMILES string of the molecule is CCOc1cccc(-c2nnc(SCC(=O)Nc3ccc(CC)cc3)n2N)c1. The number of ether oxygens (including phenoxy) is 1. The van der Waals surface area contributed by atoms with Gasteiger partial charge in [-0.2, -0.15) is 0 Å². The molecule has 2 aromatic carbocycles. The number of nitrogens with one attached hydrogen (secondary N) is 1. The van der Waals surface area contributed by atoms with Crippen LogP contribution in [0.4, 0.5) is 5.69 Å². The summed E-state index contributed by atoms with van der Waals surface area (Å²) in [6, 6.07) is 15.3. The lowest BCUT2D eigenvalue weighted by atomic mass is 10.1. The van der Waals surface area contributed by atoms with Crippen molar-refractivity contribution >= 4 is 23.4 Å². The standard InChI is InChI=1S/C20H23N5O2S/c1-3-14-8-10-16(11-9-14)22-18(26)13-28-20-24-23-19(25(20)21)15-6-5-7-17(12-15)27-4-2/h5-12H,3-4,13,21H2,1-2H3,(H,22,26). The quantitative estimate of drug-likeness (QED) is 0.447. The van der Waals surface area contributed by atoms with Crippen LogP contribution in [0.1, 0.15) is 19.4 Å². The van der Waals surface area contributed by atoms with Crippen molar-refractivity contribution in [2.45, 2.75) is 25.4 Å². The number of hydrogen-bond donors (Lipinski definition) is 2. The molecule has 0 spiro atoms. The average Bonchev–Trinajstić information content (AvgIpc) is 3.08. The van der Waals surface area contributed by atoms with Crippen molar-refractivity contribution in [2.24, 2.45) is 0 Å². The maximum Gasteiger partial charge on any atom is 0.234 e. The summed E-state index contributed by atoms with van der Waals surface area (Å²) in [6.07, 6.45) is 0.964. The summed E-state index contributed by atoms with van der Waals surface area (Å²) < 4.78 is 6.90. The van der Waals surface area contributed by atoms with Crippen LogP contribution in [0.15, 0.2) is 53.7 Å². The summed E-state index contributed by atoms with van der Waals surface area (Å²) in [6.45, 7) is 4.60. The van der Waals surface area contributed by atoms with Gasteiger partial charge in [0.2, 0.25) is 11.1 Å². The fourth-order valence-corrected chi connectivity index (χ4v) is 3.27. The highest BCUT2D eigenvalue weighted by molar-refractivity contribution is 7.99. The Morgan fingerprint density at radius 3 is 2.68 bits per heavy atom. The smallest absolute Gasteiger partial charge is 0.234 e. The highest BCUT2D eigenvalue weighted by Crippen LogP contribution is 2.25. The molecular formula is C20H23N5O2S. The van der Waals surface area contributed by atoms with Crippen LogP contribution >= 0.6 is 11.8 Å². The van der Waals surface area contributed by atoms with Gasteiger partial charge >= 0.3 is 0 Å². The summed E-state index contributed by atoms with van der Waals surface area (Å²) in [7, 11) is 0. The number of thioether (sulfide) groups is 1. The molecule has 7 nitrogen and oxygen atoms in total. The number of aryl methyl sites for hydroxylation is 1. The molecule has 1 aromatic heterocycles. The van der Waals surface area contributed by atoms with E-state index in [2.05, 4.69) is 22.4 Å². The highest BCUT2D eigenvalue weighted by Gasteiger charge is 2.14.